The van der Waals surface area contributed by atoms with Crippen molar-refractivity contribution in [2.75, 3.05) is 14.1 Å². The Labute approximate surface area is 136 Å². The standard InChI is InChI=1S/C18H19Cl2N/c1-21(2)16-6-7-18-12(10-16)4-3-5-17(18)13-8-14(19)11-15(20)9-13/h3-5,8-9,11,16H,6-7,10H2,1-2H3. The van der Waals surface area contributed by atoms with Crippen molar-refractivity contribution < 1.29 is 0 Å². The monoisotopic (exact) mass is 319 g/mol. The van der Waals surface area contributed by atoms with Gasteiger partial charge in [-0.15, -0.1) is 0 Å². The number of hydrogen-bond donors (Lipinski definition) is 0. The lowest BCUT2D eigenvalue weighted by Crippen LogP contribution is -2.33. The normalized spacial score (nSPS) is 17.9. The molecule has 1 aliphatic rings. The van der Waals surface area contributed by atoms with Crippen molar-refractivity contribution in [2.24, 2.45) is 0 Å². The predicted molar refractivity (Wildman–Crippen MR) is 91.4 cm³/mol. The molecule has 1 nitrogen and oxygen atoms in total. The zero-order valence-corrected chi connectivity index (χ0v) is 13.9. The van der Waals surface area contributed by atoms with E-state index in [-0.39, 0.29) is 0 Å². The molecule has 0 amide bonds. The Hall–Kier alpha value is -1.02. The van der Waals surface area contributed by atoms with E-state index in [1.54, 1.807) is 6.07 Å². The molecule has 1 atom stereocenters. The van der Waals surface area contributed by atoms with E-state index < -0.39 is 0 Å². The highest BCUT2D eigenvalue weighted by Crippen LogP contribution is 2.35. The van der Waals surface area contributed by atoms with Crippen molar-refractivity contribution in [1.82, 2.24) is 4.90 Å². The zero-order valence-electron chi connectivity index (χ0n) is 12.4. The van der Waals surface area contributed by atoms with Crippen LogP contribution < -0.4 is 0 Å². The molecule has 0 N–H and O–H groups in total. The number of halogens is 2. The maximum Gasteiger partial charge on any atom is 0.0426 e. The first-order valence-electron chi connectivity index (χ1n) is 7.28. The summed E-state index contributed by atoms with van der Waals surface area (Å²) in [5.41, 5.74) is 5.30. The lowest BCUT2D eigenvalue weighted by molar-refractivity contribution is 0.268. The minimum Gasteiger partial charge on any atom is -0.306 e. The van der Waals surface area contributed by atoms with Crippen LogP contribution in [0.5, 0.6) is 0 Å². The van der Waals surface area contributed by atoms with Gasteiger partial charge in [0.1, 0.15) is 0 Å². The molecule has 0 aromatic heterocycles. The average Bonchev–Trinajstić information content (AvgIpc) is 2.45. The number of benzene rings is 2. The molecule has 0 aliphatic heterocycles. The Morgan fingerprint density at radius 1 is 1.05 bits per heavy atom. The van der Waals surface area contributed by atoms with Crippen molar-refractivity contribution >= 4 is 23.2 Å². The Kier molecular flexibility index (Phi) is 4.26. The third-order valence-corrected chi connectivity index (χ3v) is 4.80. The third kappa shape index (κ3) is 3.11. The molecule has 2 aromatic carbocycles. The van der Waals surface area contributed by atoms with Crippen molar-refractivity contribution in [3.05, 3.63) is 57.6 Å². The molecule has 0 bridgehead atoms. The quantitative estimate of drug-likeness (QED) is 0.746. The maximum absolute atomic E-state index is 6.16. The largest absolute Gasteiger partial charge is 0.306 e. The second kappa shape index (κ2) is 6.00. The summed E-state index contributed by atoms with van der Waals surface area (Å²) in [7, 11) is 4.33. The Morgan fingerprint density at radius 3 is 2.43 bits per heavy atom. The Bertz CT molecular complexity index is 644. The second-order valence-corrected chi connectivity index (χ2v) is 6.83. The van der Waals surface area contributed by atoms with Crippen molar-refractivity contribution in [3.8, 4) is 11.1 Å². The molecule has 1 unspecified atom stereocenters. The molecule has 21 heavy (non-hydrogen) atoms. The van der Waals surface area contributed by atoms with E-state index in [1.807, 2.05) is 12.1 Å². The van der Waals surface area contributed by atoms with Crippen LogP contribution in [-0.2, 0) is 12.8 Å². The highest BCUT2D eigenvalue weighted by molar-refractivity contribution is 6.35. The Balaban J connectivity index is 2.04. The molecule has 0 spiro atoms. The molecule has 110 valence electrons. The van der Waals surface area contributed by atoms with Gasteiger partial charge in [0.25, 0.3) is 0 Å². The predicted octanol–water partition coefficient (Wildman–Crippen LogP) is 5.08. The molecule has 3 rings (SSSR count). The highest BCUT2D eigenvalue weighted by atomic mass is 35.5. The van der Waals surface area contributed by atoms with Gasteiger partial charge in [-0.3, -0.25) is 0 Å². The van der Waals surface area contributed by atoms with E-state index in [9.17, 15) is 0 Å². The molecule has 0 saturated carbocycles. The van der Waals surface area contributed by atoms with Crippen molar-refractivity contribution in [2.45, 2.75) is 25.3 Å². The van der Waals surface area contributed by atoms with Crippen molar-refractivity contribution in [1.29, 1.82) is 0 Å². The van der Waals surface area contributed by atoms with Gasteiger partial charge in [-0.1, -0.05) is 41.4 Å². The van der Waals surface area contributed by atoms with E-state index in [0.29, 0.717) is 16.1 Å². The van der Waals surface area contributed by atoms with Crippen LogP contribution in [0, 0.1) is 0 Å². The SMILES string of the molecule is CN(C)C1CCc2c(cccc2-c2cc(Cl)cc(Cl)c2)C1. The summed E-state index contributed by atoms with van der Waals surface area (Å²) in [6.07, 6.45) is 3.42. The van der Waals surface area contributed by atoms with Crippen LogP contribution in [0.15, 0.2) is 36.4 Å². The third-order valence-electron chi connectivity index (χ3n) is 4.36. The van der Waals surface area contributed by atoms with Gasteiger partial charge in [0.05, 0.1) is 0 Å². The van der Waals surface area contributed by atoms with Gasteiger partial charge in [0, 0.05) is 16.1 Å². The van der Waals surface area contributed by atoms with Gasteiger partial charge in [0.2, 0.25) is 0 Å². The molecule has 0 fully saturated rings. The minimum absolute atomic E-state index is 0.635. The summed E-state index contributed by atoms with van der Waals surface area (Å²) < 4.78 is 0. The van der Waals surface area contributed by atoms with Crippen LogP contribution in [0.2, 0.25) is 10.0 Å². The first kappa shape index (κ1) is 14.9. The van der Waals surface area contributed by atoms with E-state index in [0.717, 1.165) is 18.4 Å². The summed E-state index contributed by atoms with van der Waals surface area (Å²) in [5, 5.41) is 1.38. The first-order valence-corrected chi connectivity index (χ1v) is 8.04. The van der Waals surface area contributed by atoms with Crippen LogP contribution in [-0.4, -0.2) is 25.0 Å². The van der Waals surface area contributed by atoms with E-state index in [2.05, 4.69) is 37.2 Å². The molecule has 2 aromatic rings. The molecular weight excluding hydrogens is 301 g/mol. The van der Waals surface area contributed by atoms with Gasteiger partial charge in [-0.05, 0) is 73.8 Å². The first-order chi connectivity index (χ1) is 10.0. The number of hydrogen-bond acceptors (Lipinski definition) is 1. The lowest BCUT2D eigenvalue weighted by Gasteiger charge is -2.31. The number of rotatable bonds is 2. The molecule has 0 radical (unpaired) electrons. The summed E-state index contributed by atoms with van der Waals surface area (Å²) in [6.45, 7) is 0. The molecule has 1 aliphatic carbocycles. The van der Waals surface area contributed by atoms with E-state index in [1.165, 1.54) is 23.1 Å². The van der Waals surface area contributed by atoms with Crippen LogP contribution in [0.4, 0.5) is 0 Å². The molecule has 3 heteroatoms. The number of fused-ring (bicyclic) bond motifs is 1. The van der Waals surface area contributed by atoms with Crippen LogP contribution >= 0.6 is 23.2 Å². The van der Waals surface area contributed by atoms with Gasteiger partial charge in [0.15, 0.2) is 0 Å². The summed E-state index contributed by atoms with van der Waals surface area (Å²) in [5.74, 6) is 0. The molecule has 0 heterocycles. The summed E-state index contributed by atoms with van der Waals surface area (Å²) in [4.78, 5) is 2.33. The second-order valence-electron chi connectivity index (χ2n) is 5.96. The Morgan fingerprint density at radius 2 is 1.76 bits per heavy atom. The summed E-state index contributed by atoms with van der Waals surface area (Å²) >= 11 is 12.3. The van der Waals surface area contributed by atoms with Gasteiger partial charge in [-0.25, -0.2) is 0 Å². The average molecular weight is 320 g/mol. The van der Waals surface area contributed by atoms with Gasteiger partial charge in [-0.2, -0.15) is 0 Å². The van der Waals surface area contributed by atoms with Crippen LogP contribution in [0.3, 0.4) is 0 Å². The molecule has 0 saturated heterocycles. The fourth-order valence-electron chi connectivity index (χ4n) is 3.21. The van der Waals surface area contributed by atoms with Gasteiger partial charge < -0.3 is 4.90 Å². The number of likely N-dealkylation sites (N-methyl/N-ethyl adjacent to an activating group) is 1. The summed E-state index contributed by atoms with van der Waals surface area (Å²) in [6, 6.07) is 13.0. The minimum atomic E-state index is 0.635. The topological polar surface area (TPSA) is 3.24 Å². The van der Waals surface area contributed by atoms with E-state index in [4.69, 9.17) is 23.2 Å². The van der Waals surface area contributed by atoms with Crippen LogP contribution in [0.1, 0.15) is 17.5 Å². The highest BCUT2D eigenvalue weighted by Gasteiger charge is 2.22. The smallest absolute Gasteiger partial charge is 0.0426 e. The number of nitrogens with zero attached hydrogens (tertiary/aromatic N) is 1. The lowest BCUT2D eigenvalue weighted by atomic mass is 9.83. The van der Waals surface area contributed by atoms with E-state index >= 15 is 0 Å². The maximum atomic E-state index is 6.16. The fraction of sp³-hybridized carbons (Fsp3) is 0.333. The zero-order chi connectivity index (χ0) is 15.0. The molecular formula is C18H19Cl2N. The van der Waals surface area contributed by atoms with Crippen LogP contribution in [0.25, 0.3) is 11.1 Å². The fourth-order valence-corrected chi connectivity index (χ4v) is 3.73. The van der Waals surface area contributed by atoms with Gasteiger partial charge >= 0.3 is 0 Å². The van der Waals surface area contributed by atoms with Crippen molar-refractivity contribution in [3.63, 3.8) is 0 Å².